The molecule has 17 heavy (non-hydrogen) atoms. The van der Waals surface area contributed by atoms with Gasteiger partial charge in [-0.25, -0.2) is 0 Å². The summed E-state index contributed by atoms with van der Waals surface area (Å²) in [5.74, 6) is 1.01. The zero-order valence-electron chi connectivity index (χ0n) is 10.9. The molecule has 0 spiro atoms. The zero-order valence-corrected chi connectivity index (χ0v) is 10.9. The van der Waals surface area contributed by atoms with Gasteiger partial charge in [0.05, 0.1) is 7.11 Å². The van der Waals surface area contributed by atoms with Crippen molar-refractivity contribution < 1.29 is 4.74 Å². The maximum Gasteiger partial charge on any atom is 0.122 e. The lowest BCUT2D eigenvalue weighted by Crippen LogP contribution is -2.36. The Balaban J connectivity index is 1.90. The van der Waals surface area contributed by atoms with Crippen molar-refractivity contribution in [3.05, 3.63) is 29.8 Å². The van der Waals surface area contributed by atoms with Crippen LogP contribution in [0.1, 0.15) is 38.2 Å². The van der Waals surface area contributed by atoms with Crippen LogP contribution in [0.25, 0.3) is 0 Å². The van der Waals surface area contributed by atoms with E-state index in [1.54, 1.807) is 7.11 Å². The van der Waals surface area contributed by atoms with Gasteiger partial charge in [-0.15, -0.1) is 0 Å². The first-order chi connectivity index (χ1) is 8.29. The molecule has 1 aromatic carbocycles. The van der Waals surface area contributed by atoms with Crippen molar-refractivity contribution in [2.24, 2.45) is 0 Å². The number of hydrogen-bond acceptors (Lipinski definition) is 2. The van der Waals surface area contributed by atoms with E-state index in [4.69, 9.17) is 4.74 Å². The lowest BCUT2D eigenvalue weighted by molar-refractivity contribution is 0.400. The highest BCUT2D eigenvalue weighted by Gasteiger charge is 2.17. The van der Waals surface area contributed by atoms with E-state index in [2.05, 4.69) is 24.4 Å². The Bertz CT molecular complexity index is 345. The summed E-state index contributed by atoms with van der Waals surface area (Å²) < 4.78 is 5.39. The van der Waals surface area contributed by atoms with Gasteiger partial charge in [0.2, 0.25) is 0 Å². The molecule has 0 saturated heterocycles. The van der Waals surface area contributed by atoms with Crippen LogP contribution >= 0.6 is 0 Å². The van der Waals surface area contributed by atoms with Gasteiger partial charge in [-0.1, -0.05) is 31.0 Å². The third-order valence-electron chi connectivity index (χ3n) is 3.59. The first-order valence-electron chi connectivity index (χ1n) is 6.67. The number of rotatable bonds is 5. The lowest BCUT2D eigenvalue weighted by Gasteiger charge is -2.20. The summed E-state index contributed by atoms with van der Waals surface area (Å²) in [6.07, 6.45) is 6.51. The summed E-state index contributed by atoms with van der Waals surface area (Å²) in [5.41, 5.74) is 1.30. The molecule has 94 valence electrons. The molecule has 2 rings (SSSR count). The van der Waals surface area contributed by atoms with E-state index >= 15 is 0 Å². The molecule has 1 fully saturated rings. The van der Waals surface area contributed by atoms with Crippen molar-refractivity contribution in [3.8, 4) is 5.75 Å². The molecule has 0 heterocycles. The van der Waals surface area contributed by atoms with Gasteiger partial charge in [0.15, 0.2) is 0 Å². The Hall–Kier alpha value is -1.02. The summed E-state index contributed by atoms with van der Waals surface area (Å²) in [4.78, 5) is 0. The lowest BCUT2D eigenvalue weighted by atomic mass is 10.0. The Morgan fingerprint density at radius 1 is 1.29 bits per heavy atom. The molecule has 2 heteroatoms. The van der Waals surface area contributed by atoms with Crippen LogP contribution in [-0.2, 0) is 6.42 Å². The Morgan fingerprint density at radius 2 is 2.00 bits per heavy atom. The Kier molecular flexibility index (Phi) is 4.43. The van der Waals surface area contributed by atoms with Crippen molar-refractivity contribution in [1.29, 1.82) is 0 Å². The summed E-state index contributed by atoms with van der Waals surface area (Å²) in [6, 6.07) is 9.56. The quantitative estimate of drug-likeness (QED) is 0.843. The molecule has 0 aromatic heterocycles. The van der Waals surface area contributed by atoms with Gasteiger partial charge in [-0.05, 0) is 37.8 Å². The standard InChI is InChI=1S/C15H23NO/c1-12(16-14-8-4-5-9-14)11-13-7-3-6-10-15(13)17-2/h3,6-7,10,12,14,16H,4-5,8-9,11H2,1-2H3. The van der Waals surface area contributed by atoms with Crippen molar-refractivity contribution in [3.63, 3.8) is 0 Å². The summed E-state index contributed by atoms with van der Waals surface area (Å²) in [7, 11) is 1.74. The molecule has 1 aromatic rings. The molecule has 0 aliphatic heterocycles. The largest absolute Gasteiger partial charge is 0.496 e. The van der Waals surface area contributed by atoms with Gasteiger partial charge < -0.3 is 10.1 Å². The molecule has 1 atom stereocenters. The highest BCUT2D eigenvalue weighted by atomic mass is 16.5. The molecular formula is C15H23NO. The minimum Gasteiger partial charge on any atom is -0.496 e. The van der Waals surface area contributed by atoms with Gasteiger partial charge in [0, 0.05) is 12.1 Å². The van der Waals surface area contributed by atoms with Crippen LogP contribution in [-0.4, -0.2) is 19.2 Å². The maximum atomic E-state index is 5.39. The van der Waals surface area contributed by atoms with E-state index in [0.717, 1.165) is 18.2 Å². The fourth-order valence-electron chi connectivity index (χ4n) is 2.76. The fraction of sp³-hybridized carbons (Fsp3) is 0.600. The van der Waals surface area contributed by atoms with Crippen LogP contribution in [0.15, 0.2) is 24.3 Å². The first kappa shape index (κ1) is 12.4. The average Bonchev–Trinajstić information content (AvgIpc) is 2.82. The van der Waals surface area contributed by atoms with Crippen molar-refractivity contribution >= 4 is 0 Å². The SMILES string of the molecule is COc1ccccc1CC(C)NC1CCCC1. The number of para-hydroxylation sites is 1. The molecule has 0 radical (unpaired) electrons. The molecule has 2 nitrogen and oxygen atoms in total. The fourth-order valence-corrected chi connectivity index (χ4v) is 2.76. The van der Waals surface area contributed by atoms with Crippen LogP contribution in [0.3, 0.4) is 0 Å². The summed E-state index contributed by atoms with van der Waals surface area (Å²) in [6.45, 7) is 2.27. The van der Waals surface area contributed by atoms with E-state index in [9.17, 15) is 0 Å². The van der Waals surface area contributed by atoms with E-state index in [1.165, 1.54) is 31.2 Å². The molecule has 0 bridgehead atoms. The third-order valence-corrected chi connectivity index (χ3v) is 3.59. The van der Waals surface area contributed by atoms with Crippen LogP contribution in [0.2, 0.25) is 0 Å². The second-order valence-corrected chi connectivity index (χ2v) is 5.07. The van der Waals surface area contributed by atoms with Crippen molar-refractivity contribution in [2.75, 3.05) is 7.11 Å². The van der Waals surface area contributed by atoms with Crippen LogP contribution in [0.4, 0.5) is 0 Å². The van der Waals surface area contributed by atoms with E-state index in [1.807, 2.05) is 12.1 Å². The topological polar surface area (TPSA) is 21.3 Å². The first-order valence-corrected chi connectivity index (χ1v) is 6.67. The zero-order chi connectivity index (χ0) is 12.1. The smallest absolute Gasteiger partial charge is 0.122 e. The predicted molar refractivity (Wildman–Crippen MR) is 71.6 cm³/mol. The Labute approximate surface area is 104 Å². The van der Waals surface area contributed by atoms with E-state index in [-0.39, 0.29) is 0 Å². The summed E-state index contributed by atoms with van der Waals surface area (Å²) in [5, 5.41) is 3.72. The van der Waals surface area contributed by atoms with E-state index in [0.29, 0.717) is 6.04 Å². The predicted octanol–water partition coefficient (Wildman–Crippen LogP) is 3.16. The second kappa shape index (κ2) is 6.06. The van der Waals surface area contributed by atoms with Crippen molar-refractivity contribution in [1.82, 2.24) is 5.32 Å². The molecule has 1 unspecified atom stereocenters. The van der Waals surface area contributed by atoms with Crippen molar-refractivity contribution in [2.45, 2.75) is 51.1 Å². The van der Waals surface area contributed by atoms with Crippen LogP contribution < -0.4 is 10.1 Å². The van der Waals surface area contributed by atoms with Gasteiger partial charge in [0.25, 0.3) is 0 Å². The molecule has 1 saturated carbocycles. The molecule has 1 aliphatic rings. The minimum atomic E-state index is 0.523. The molecule has 1 N–H and O–H groups in total. The number of hydrogen-bond donors (Lipinski definition) is 1. The van der Waals surface area contributed by atoms with Crippen LogP contribution in [0.5, 0.6) is 5.75 Å². The monoisotopic (exact) mass is 233 g/mol. The number of benzene rings is 1. The maximum absolute atomic E-state index is 5.39. The van der Waals surface area contributed by atoms with Gasteiger partial charge >= 0.3 is 0 Å². The van der Waals surface area contributed by atoms with Gasteiger partial charge in [-0.2, -0.15) is 0 Å². The number of ether oxygens (including phenoxy) is 1. The van der Waals surface area contributed by atoms with E-state index < -0.39 is 0 Å². The molecule has 1 aliphatic carbocycles. The molecule has 0 amide bonds. The number of nitrogens with one attached hydrogen (secondary N) is 1. The highest BCUT2D eigenvalue weighted by molar-refractivity contribution is 5.33. The van der Waals surface area contributed by atoms with Gasteiger partial charge in [0.1, 0.15) is 5.75 Å². The third kappa shape index (κ3) is 3.47. The normalized spacial score (nSPS) is 18.2. The second-order valence-electron chi connectivity index (χ2n) is 5.07. The number of methoxy groups -OCH3 is 1. The van der Waals surface area contributed by atoms with Gasteiger partial charge in [-0.3, -0.25) is 0 Å². The summed E-state index contributed by atoms with van der Waals surface area (Å²) >= 11 is 0. The van der Waals surface area contributed by atoms with Crippen LogP contribution in [0, 0.1) is 0 Å². The average molecular weight is 233 g/mol. The molecular weight excluding hydrogens is 210 g/mol. The highest BCUT2D eigenvalue weighted by Crippen LogP contribution is 2.21. The minimum absolute atomic E-state index is 0.523. The Morgan fingerprint density at radius 3 is 2.71 bits per heavy atom.